The highest BCUT2D eigenvalue weighted by Crippen LogP contribution is 2.34. The zero-order valence-corrected chi connectivity index (χ0v) is 12.2. The lowest BCUT2D eigenvalue weighted by atomic mass is 10.0. The Kier molecular flexibility index (Phi) is 6.36. The molecule has 5 nitrogen and oxygen atoms in total. The Balaban J connectivity index is 3.30. The van der Waals surface area contributed by atoms with E-state index < -0.39 is 0 Å². The van der Waals surface area contributed by atoms with Crippen LogP contribution in [0.15, 0.2) is 18.2 Å². The predicted octanol–water partition coefficient (Wildman–Crippen LogP) is 2.22. The second-order valence-corrected chi connectivity index (χ2v) is 4.34. The molecule has 0 spiro atoms. The second kappa shape index (κ2) is 8.04. The van der Waals surface area contributed by atoms with Gasteiger partial charge in [-0.15, -0.1) is 0 Å². The van der Waals surface area contributed by atoms with Crippen molar-refractivity contribution in [1.82, 2.24) is 5.32 Å². The Morgan fingerprint density at radius 3 is 2.45 bits per heavy atom. The minimum Gasteiger partial charge on any atom is -0.496 e. The van der Waals surface area contributed by atoms with E-state index in [0.29, 0.717) is 0 Å². The maximum atomic E-state index is 8.94. The van der Waals surface area contributed by atoms with Crippen LogP contribution in [-0.4, -0.2) is 26.7 Å². The molecule has 1 rings (SSSR count). The van der Waals surface area contributed by atoms with E-state index in [4.69, 9.17) is 15.3 Å². The van der Waals surface area contributed by atoms with Crippen molar-refractivity contribution in [3.8, 4) is 17.9 Å². The standard InChI is InChI=1S/C15H20N4O/c1-4-18-12(2)15-13(6-5-7-14(15)20-3)19(10-8-16)11-9-17/h5-7,12,18H,4,10-11H2,1-3H3. The predicted molar refractivity (Wildman–Crippen MR) is 78.5 cm³/mol. The summed E-state index contributed by atoms with van der Waals surface area (Å²) in [5.41, 5.74) is 1.84. The van der Waals surface area contributed by atoms with Crippen LogP contribution in [0, 0.1) is 22.7 Å². The smallest absolute Gasteiger partial charge is 0.125 e. The number of nitriles is 2. The van der Waals surface area contributed by atoms with Gasteiger partial charge in [0, 0.05) is 17.3 Å². The van der Waals surface area contributed by atoms with Gasteiger partial charge in [0.25, 0.3) is 0 Å². The average Bonchev–Trinajstić information content (AvgIpc) is 2.46. The van der Waals surface area contributed by atoms with E-state index in [1.807, 2.05) is 32.0 Å². The minimum absolute atomic E-state index is 0.0750. The zero-order valence-electron chi connectivity index (χ0n) is 12.2. The molecule has 0 fully saturated rings. The first-order valence-electron chi connectivity index (χ1n) is 6.58. The lowest BCUT2D eigenvalue weighted by Gasteiger charge is -2.26. The monoisotopic (exact) mass is 272 g/mol. The molecule has 1 aromatic rings. The van der Waals surface area contributed by atoms with Crippen LogP contribution in [0.2, 0.25) is 0 Å². The summed E-state index contributed by atoms with van der Waals surface area (Å²) in [4.78, 5) is 1.76. The third-order valence-electron chi connectivity index (χ3n) is 3.07. The summed E-state index contributed by atoms with van der Waals surface area (Å²) in [7, 11) is 1.63. The lowest BCUT2D eigenvalue weighted by molar-refractivity contribution is 0.402. The SMILES string of the molecule is CCNC(C)c1c(OC)cccc1N(CC#N)CC#N. The van der Waals surface area contributed by atoms with Crippen molar-refractivity contribution in [3.05, 3.63) is 23.8 Å². The Labute approximate surface area is 120 Å². The Morgan fingerprint density at radius 2 is 1.95 bits per heavy atom. The van der Waals surface area contributed by atoms with Gasteiger partial charge in [0.1, 0.15) is 18.8 Å². The Hall–Kier alpha value is -2.24. The van der Waals surface area contributed by atoms with Gasteiger partial charge in [-0.25, -0.2) is 0 Å². The largest absolute Gasteiger partial charge is 0.496 e. The molecule has 0 aliphatic rings. The molecule has 1 unspecified atom stereocenters. The van der Waals surface area contributed by atoms with Crippen LogP contribution in [0.25, 0.3) is 0 Å². The van der Waals surface area contributed by atoms with Crippen LogP contribution >= 0.6 is 0 Å². The zero-order chi connectivity index (χ0) is 15.0. The first-order valence-corrected chi connectivity index (χ1v) is 6.58. The van der Waals surface area contributed by atoms with Crippen molar-refractivity contribution in [2.45, 2.75) is 19.9 Å². The summed E-state index contributed by atoms with van der Waals surface area (Å²) in [6, 6.07) is 9.96. The molecule has 0 aliphatic carbocycles. The highest BCUT2D eigenvalue weighted by atomic mass is 16.5. The maximum Gasteiger partial charge on any atom is 0.125 e. The van der Waals surface area contributed by atoms with E-state index in [1.54, 1.807) is 12.0 Å². The van der Waals surface area contributed by atoms with Gasteiger partial charge in [0.05, 0.1) is 19.2 Å². The summed E-state index contributed by atoms with van der Waals surface area (Å²) in [5, 5.41) is 21.2. The molecule has 0 bridgehead atoms. The molecule has 106 valence electrons. The van der Waals surface area contributed by atoms with Crippen LogP contribution in [0.4, 0.5) is 5.69 Å². The quantitative estimate of drug-likeness (QED) is 0.770. The molecular formula is C15H20N4O. The number of ether oxygens (including phenoxy) is 1. The number of nitrogens with zero attached hydrogens (tertiary/aromatic N) is 3. The van der Waals surface area contributed by atoms with Crippen LogP contribution in [0.3, 0.4) is 0 Å². The van der Waals surface area contributed by atoms with Gasteiger partial charge >= 0.3 is 0 Å². The minimum atomic E-state index is 0.0750. The number of methoxy groups -OCH3 is 1. The van der Waals surface area contributed by atoms with Gasteiger partial charge in [-0.05, 0) is 25.6 Å². The lowest BCUT2D eigenvalue weighted by Crippen LogP contribution is -2.28. The Morgan fingerprint density at radius 1 is 1.30 bits per heavy atom. The van der Waals surface area contributed by atoms with E-state index in [9.17, 15) is 0 Å². The average molecular weight is 272 g/mol. The molecule has 1 N–H and O–H groups in total. The van der Waals surface area contributed by atoms with Gasteiger partial charge in [-0.1, -0.05) is 13.0 Å². The fourth-order valence-electron chi connectivity index (χ4n) is 2.23. The highest BCUT2D eigenvalue weighted by Gasteiger charge is 2.19. The summed E-state index contributed by atoms with van der Waals surface area (Å²) in [6.45, 7) is 5.25. The van der Waals surface area contributed by atoms with Crippen molar-refractivity contribution >= 4 is 5.69 Å². The second-order valence-electron chi connectivity index (χ2n) is 4.34. The molecule has 0 amide bonds. The van der Waals surface area contributed by atoms with E-state index in [1.165, 1.54) is 0 Å². The van der Waals surface area contributed by atoms with Gasteiger partial charge in [-0.2, -0.15) is 10.5 Å². The molecule has 0 aliphatic heterocycles. The summed E-state index contributed by atoms with van der Waals surface area (Å²) < 4.78 is 5.43. The van der Waals surface area contributed by atoms with E-state index in [-0.39, 0.29) is 19.1 Å². The molecule has 20 heavy (non-hydrogen) atoms. The van der Waals surface area contributed by atoms with Crippen molar-refractivity contribution in [3.63, 3.8) is 0 Å². The molecule has 0 aromatic heterocycles. The Bertz CT molecular complexity index is 500. The molecule has 5 heteroatoms. The van der Waals surface area contributed by atoms with Crippen molar-refractivity contribution in [2.75, 3.05) is 31.6 Å². The summed E-state index contributed by atoms with van der Waals surface area (Å²) >= 11 is 0. The first kappa shape index (κ1) is 15.8. The van der Waals surface area contributed by atoms with Crippen molar-refractivity contribution in [1.29, 1.82) is 10.5 Å². The van der Waals surface area contributed by atoms with Crippen molar-refractivity contribution in [2.24, 2.45) is 0 Å². The molecule has 1 aromatic carbocycles. The summed E-state index contributed by atoms with van der Waals surface area (Å²) in [5.74, 6) is 0.761. The van der Waals surface area contributed by atoms with Gasteiger partial charge in [0.2, 0.25) is 0 Å². The topological polar surface area (TPSA) is 72.1 Å². The number of hydrogen-bond acceptors (Lipinski definition) is 5. The fraction of sp³-hybridized carbons (Fsp3) is 0.467. The van der Waals surface area contributed by atoms with E-state index in [2.05, 4.69) is 17.5 Å². The third kappa shape index (κ3) is 3.63. The van der Waals surface area contributed by atoms with Crippen molar-refractivity contribution < 1.29 is 4.74 Å². The van der Waals surface area contributed by atoms with Gasteiger partial charge < -0.3 is 15.0 Å². The molecule has 0 saturated heterocycles. The number of anilines is 1. The first-order chi connectivity index (χ1) is 9.69. The van der Waals surface area contributed by atoms with Gasteiger partial charge in [-0.3, -0.25) is 0 Å². The van der Waals surface area contributed by atoms with Crippen LogP contribution in [0.1, 0.15) is 25.5 Å². The molecular weight excluding hydrogens is 252 g/mol. The van der Waals surface area contributed by atoms with E-state index >= 15 is 0 Å². The normalized spacial score (nSPS) is 11.2. The number of benzene rings is 1. The molecule has 0 heterocycles. The molecule has 1 atom stereocenters. The molecule has 0 radical (unpaired) electrons. The number of rotatable bonds is 7. The summed E-state index contributed by atoms with van der Waals surface area (Å²) in [6.07, 6.45) is 0. The number of nitrogens with one attached hydrogen (secondary N) is 1. The number of hydrogen-bond donors (Lipinski definition) is 1. The molecule has 0 saturated carbocycles. The van der Waals surface area contributed by atoms with Gasteiger partial charge in [0.15, 0.2) is 0 Å². The fourth-order valence-corrected chi connectivity index (χ4v) is 2.23. The van der Waals surface area contributed by atoms with E-state index in [0.717, 1.165) is 23.5 Å². The third-order valence-corrected chi connectivity index (χ3v) is 3.07. The van der Waals surface area contributed by atoms with Crippen LogP contribution in [-0.2, 0) is 0 Å². The van der Waals surface area contributed by atoms with Crippen LogP contribution < -0.4 is 15.0 Å². The maximum absolute atomic E-state index is 8.94. The highest BCUT2D eigenvalue weighted by molar-refractivity contribution is 5.61. The van der Waals surface area contributed by atoms with Crippen LogP contribution in [0.5, 0.6) is 5.75 Å².